The number of fused-ring (bicyclic) bond motifs is 1. The average Bonchev–Trinajstić information content (AvgIpc) is 2.22. The molecule has 0 amide bonds. The van der Waals surface area contributed by atoms with Crippen LogP contribution in [-0.2, 0) is 6.54 Å². The van der Waals surface area contributed by atoms with E-state index in [0.29, 0.717) is 11.9 Å². The summed E-state index contributed by atoms with van der Waals surface area (Å²) in [6.07, 6.45) is 1.55. The summed E-state index contributed by atoms with van der Waals surface area (Å²) in [4.78, 5) is 16.1. The van der Waals surface area contributed by atoms with Crippen molar-refractivity contribution < 1.29 is 0 Å². The van der Waals surface area contributed by atoms with Crippen molar-refractivity contribution in [3.8, 4) is 0 Å². The van der Waals surface area contributed by atoms with Gasteiger partial charge in [-0.15, -0.1) is 11.6 Å². The molecule has 0 aliphatic rings. The molecular weight excluding hydrogens is 212 g/mol. The number of aromatic nitrogens is 2. The molecule has 0 radical (unpaired) electrons. The van der Waals surface area contributed by atoms with Gasteiger partial charge in [-0.05, 0) is 19.1 Å². The Morgan fingerprint density at radius 3 is 2.93 bits per heavy atom. The third-order valence-electron chi connectivity index (χ3n) is 2.18. The Bertz CT molecular complexity index is 533. The summed E-state index contributed by atoms with van der Waals surface area (Å²) in [6, 6.07) is 7.30. The van der Waals surface area contributed by atoms with Crippen LogP contribution < -0.4 is 5.56 Å². The maximum atomic E-state index is 11.9. The average molecular weight is 223 g/mol. The third-order valence-corrected chi connectivity index (χ3v) is 2.32. The fourth-order valence-electron chi connectivity index (χ4n) is 1.51. The van der Waals surface area contributed by atoms with Gasteiger partial charge in [0.15, 0.2) is 0 Å². The summed E-state index contributed by atoms with van der Waals surface area (Å²) in [7, 11) is 0. The molecule has 1 aromatic heterocycles. The maximum absolute atomic E-state index is 11.9. The largest absolute Gasteiger partial charge is 0.297 e. The zero-order valence-corrected chi connectivity index (χ0v) is 9.11. The van der Waals surface area contributed by atoms with Crippen molar-refractivity contribution >= 4 is 22.5 Å². The zero-order valence-electron chi connectivity index (χ0n) is 8.35. The lowest BCUT2D eigenvalue weighted by Crippen LogP contribution is -2.23. The topological polar surface area (TPSA) is 34.9 Å². The van der Waals surface area contributed by atoms with Crippen LogP contribution in [0.25, 0.3) is 10.9 Å². The lowest BCUT2D eigenvalue weighted by atomic mass is 10.2. The van der Waals surface area contributed by atoms with Crippen molar-refractivity contribution in [2.24, 2.45) is 0 Å². The number of rotatable bonds is 2. The van der Waals surface area contributed by atoms with E-state index in [1.165, 1.54) is 0 Å². The van der Waals surface area contributed by atoms with E-state index >= 15 is 0 Å². The minimum absolute atomic E-state index is 0.0342. The lowest BCUT2D eigenvalue weighted by Gasteiger charge is -2.07. The molecule has 1 atom stereocenters. The van der Waals surface area contributed by atoms with Crippen LogP contribution in [0.5, 0.6) is 0 Å². The SMILES string of the molecule is CC(Cl)Cn1cnc2ccccc2c1=O. The number of nitrogens with zero attached hydrogens (tertiary/aromatic N) is 2. The van der Waals surface area contributed by atoms with Gasteiger partial charge in [-0.2, -0.15) is 0 Å². The van der Waals surface area contributed by atoms with Crippen LogP contribution in [0.15, 0.2) is 35.4 Å². The predicted molar refractivity (Wildman–Crippen MR) is 61.3 cm³/mol. The first-order chi connectivity index (χ1) is 7.18. The summed E-state index contributed by atoms with van der Waals surface area (Å²) >= 11 is 5.85. The summed E-state index contributed by atoms with van der Waals surface area (Å²) in [5.74, 6) is 0. The summed E-state index contributed by atoms with van der Waals surface area (Å²) < 4.78 is 1.54. The van der Waals surface area contributed by atoms with E-state index in [1.807, 2.05) is 25.1 Å². The highest BCUT2D eigenvalue weighted by Crippen LogP contribution is 2.05. The van der Waals surface area contributed by atoms with Crippen molar-refractivity contribution in [3.63, 3.8) is 0 Å². The second-order valence-corrected chi connectivity index (χ2v) is 4.25. The summed E-state index contributed by atoms with van der Waals surface area (Å²) in [5.41, 5.74) is 0.689. The van der Waals surface area contributed by atoms with Gasteiger partial charge in [0.2, 0.25) is 0 Å². The predicted octanol–water partition coefficient (Wildman–Crippen LogP) is 2.02. The zero-order chi connectivity index (χ0) is 10.8. The van der Waals surface area contributed by atoms with E-state index in [9.17, 15) is 4.79 Å². The van der Waals surface area contributed by atoms with Crippen LogP contribution in [-0.4, -0.2) is 14.9 Å². The lowest BCUT2D eigenvalue weighted by molar-refractivity contribution is 0.654. The summed E-state index contributed by atoms with van der Waals surface area (Å²) in [5, 5.41) is 0.558. The number of benzene rings is 1. The molecule has 2 rings (SSSR count). The van der Waals surface area contributed by atoms with Gasteiger partial charge in [0, 0.05) is 11.9 Å². The Balaban J connectivity index is 2.60. The molecule has 0 N–H and O–H groups in total. The molecule has 0 saturated heterocycles. The molecule has 0 fully saturated rings. The Morgan fingerprint density at radius 2 is 2.20 bits per heavy atom. The molecule has 0 aliphatic carbocycles. The molecule has 3 nitrogen and oxygen atoms in total. The normalized spacial score (nSPS) is 12.9. The van der Waals surface area contributed by atoms with Gasteiger partial charge in [-0.3, -0.25) is 9.36 Å². The van der Waals surface area contributed by atoms with Crippen LogP contribution in [0.3, 0.4) is 0 Å². The van der Waals surface area contributed by atoms with E-state index < -0.39 is 0 Å². The Morgan fingerprint density at radius 1 is 1.47 bits per heavy atom. The van der Waals surface area contributed by atoms with Crippen molar-refractivity contribution in [1.29, 1.82) is 0 Å². The van der Waals surface area contributed by atoms with Crippen molar-refractivity contribution in [2.75, 3.05) is 0 Å². The monoisotopic (exact) mass is 222 g/mol. The number of para-hydroxylation sites is 1. The first-order valence-corrected chi connectivity index (χ1v) is 5.20. The maximum Gasteiger partial charge on any atom is 0.261 e. The fourth-order valence-corrected chi connectivity index (χ4v) is 1.66. The molecule has 15 heavy (non-hydrogen) atoms. The second-order valence-electron chi connectivity index (χ2n) is 3.50. The smallest absolute Gasteiger partial charge is 0.261 e. The van der Waals surface area contributed by atoms with Gasteiger partial charge in [0.1, 0.15) is 0 Å². The Kier molecular flexibility index (Phi) is 2.73. The van der Waals surface area contributed by atoms with E-state index in [1.54, 1.807) is 17.0 Å². The van der Waals surface area contributed by atoms with E-state index in [4.69, 9.17) is 11.6 Å². The van der Waals surface area contributed by atoms with Crippen LogP contribution in [0.2, 0.25) is 0 Å². The molecule has 2 aromatic rings. The van der Waals surface area contributed by atoms with E-state index in [0.717, 1.165) is 5.52 Å². The molecular formula is C11H11ClN2O. The highest BCUT2D eigenvalue weighted by molar-refractivity contribution is 6.20. The number of alkyl halides is 1. The molecule has 4 heteroatoms. The quantitative estimate of drug-likeness (QED) is 0.729. The third kappa shape index (κ3) is 2.02. The minimum Gasteiger partial charge on any atom is -0.297 e. The number of halogens is 1. The molecule has 1 aromatic carbocycles. The summed E-state index contributed by atoms with van der Waals surface area (Å²) in [6.45, 7) is 2.33. The van der Waals surface area contributed by atoms with E-state index in [2.05, 4.69) is 4.98 Å². The van der Waals surface area contributed by atoms with Gasteiger partial charge >= 0.3 is 0 Å². The molecule has 1 unspecified atom stereocenters. The first kappa shape index (κ1) is 10.2. The van der Waals surface area contributed by atoms with Gasteiger partial charge in [0.05, 0.1) is 17.2 Å². The van der Waals surface area contributed by atoms with Gasteiger partial charge in [-0.25, -0.2) is 4.98 Å². The molecule has 1 heterocycles. The molecule has 78 valence electrons. The Labute approximate surface area is 92.3 Å². The van der Waals surface area contributed by atoms with Crippen molar-refractivity contribution in [3.05, 3.63) is 40.9 Å². The molecule has 0 spiro atoms. The second kappa shape index (κ2) is 4.03. The van der Waals surface area contributed by atoms with Crippen molar-refractivity contribution in [2.45, 2.75) is 18.8 Å². The number of hydrogen-bond acceptors (Lipinski definition) is 2. The van der Waals surface area contributed by atoms with Gasteiger partial charge < -0.3 is 0 Å². The van der Waals surface area contributed by atoms with Crippen LogP contribution in [0.4, 0.5) is 0 Å². The fraction of sp³-hybridized carbons (Fsp3) is 0.273. The van der Waals surface area contributed by atoms with Crippen LogP contribution >= 0.6 is 11.6 Å². The van der Waals surface area contributed by atoms with E-state index in [-0.39, 0.29) is 10.9 Å². The standard InChI is InChI=1S/C11H11ClN2O/c1-8(12)6-14-7-13-10-5-3-2-4-9(10)11(14)15/h2-5,7-8H,6H2,1H3. The molecule has 0 bridgehead atoms. The highest BCUT2D eigenvalue weighted by atomic mass is 35.5. The minimum atomic E-state index is -0.0781. The highest BCUT2D eigenvalue weighted by Gasteiger charge is 2.04. The van der Waals surface area contributed by atoms with Crippen LogP contribution in [0.1, 0.15) is 6.92 Å². The van der Waals surface area contributed by atoms with Gasteiger partial charge in [-0.1, -0.05) is 12.1 Å². The molecule has 0 aliphatic heterocycles. The van der Waals surface area contributed by atoms with Crippen molar-refractivity contribution in [1.82, 2.24) is 9.55 Å². The van der Waals surface area contributed by atoms with Crippen LogP contribution in [0, 0.1) is 0 Å². The number of hydrogen-bond donors (Lipinski definition) is 0. The Hall–Kier alpha value is -1.35. The first-order valence-electron chi connectivity index (χ1n) is 4.77. The van der Waals surface area contributed by atoms with Gasteiger partial charge in [0.25, 0.3) is 5.56 Å². The molecule has 0 saturated carbocycles.